The number of aliphatic hydroxyl groups is 1. The number of aromatic nitrogens is 4. The van der Waals surface area contributed by atoms with E-state index in [1.165, 1.54) is 10.7 Å². The van der Waals surface area contributed by atoms with Crippen LogP contribution in [0.2, 0.25) is 0 Å². The largest absolute Gasteiger partial charge is 0.444 e. The molecule has 4 aromatic rings. The minimum absolute atomic E-state index is 0.179. The molecule has 1 aromatic carbocycles. The number of halogens is 1. The zero-order valence-corrected chi connectivity index (χ0v) is 25.8. The summed E-state index contributed by atoms with van der Waals surface area (Å²) < 4.78 is 31.7. The van der Waals surface area contributed by atoms with Crippen molar-refractivity contribution >= 4 is 34.3 Å². The van der Waals surface area contributed by atoms with E-state index in [1.54, 1.807) is 41.6 Å². The van der Waals surface area contributed by atoms with Gasteiger partial charge in [-0.3, -0.25) is 0 Å². The van der Waals surface area contributed by atoms with Crippen molar-refractivity contribution in [1.82, 2.24) is 24.6 Å². The number of amides is 1. The molecule has 3 aromatic heterocycles. The average Bonchev–Trinajstić information content (AvgIpc) is 3.52. The third-order valence-corrected chi connectivity index (χ3v) is 7.10. The van der Waals surface area contributed by atoms with E-state index in [2.05, 4.69) is 20.7 Å². The van der Waals surface area contributed by atoms with Crippen molar-refractivity contribution in [3.05, 3.63) is 66.4 Å². The number of carbonyl (C=O) groups is 1. The van der Waals surface area contributed by atoms with Crippen molar-refractivity contribution in [2.45, 2.75) is 51.9 Å². The smallest absolute Gasteiger partial charge is 0.410 e. The van der Waals surface area contributed by atoms with Gasteiger partial charge >= 0.3 is 6.09 Å². The number of fused-ring (bicyclic) bond motifs is 1. The highest BCUT2D eigenvalue weighted by Gasteiger charge is 2.27. The summed E-state index contributed by atoms with van der Waals surface area (Å²) in [5.74, 6) is 0.732. The van der Waals surface area contributed by atoms with E-state index in [-0.39, 0.29) is 24.4 Å². The number of benzene rings is 1. The molecule has 5 heterocycles. The molecule has 3 N–H and O–H groups in total. The Morgan fingerprint density at radius 3 is 2.40 bits per heavy atom. The Balaban J connectivity index is 0.000000598. The second kappa shape index (κ2) is 14.6. The Bertz CT molecular complexity index is 1570. The van der Waals surface area contributed by atoms with Crippen LogP contribution in [0.1, 0.15) is 39.3 Å². The maximum atomic E-state index is 14.9. The van der Waals surface area contributed by atoms with Crippen LogP contribution < -0.4 is 10.6 Å². The lowest BCUT2D eigenvalue weighted by Crippen LogP contribution is -2.44. The molecule has 0 saturated carbocycles. The Morgan fingerprint density at radius 1 is 1.04 bits per heavy atom. The fourth-order valence-electron chi connectivity index (χ4n) is 4.82. The minimum atomic E-state index is -0.509. The van der Waals surface area contributed by atoms with Gasteiger partial charge in [-0.15, -0.1) is 0 Å². The molecule has 2 aliphatic heterocycles. The topological polar surface area (TPSA) is 136 Å². The highest BCUT2D eigenvalue weighted by atomic mass is 19.1. The van der Waals surface area contributed by atoms with Gasteiger partial charge in [-0.05, 0) is 63.9 Å². The Kier molecular flexibility index (Phi) is 10.4. The molecule has 2 aliphatic rings. The number of rotatable bonds is 6. The van der Waals surface area contributed by atoms with E-state index in [0.717, 1.165) is 50.5 Å². The fourth-order valence-corrected chi connectivity index (χ4v) is 4.82. The molecule has 0 atom stereocenters. The number of hydrogen-bond donors (Lipinski definition) is 3. The quantitative estimate of drug-likeness (QED) is 0.269. The SMILES string of the molecule is C1COCCO1.CC(C)(C)OC(=O)N1CCC(Nc2ccc3cnc(Nc4ccc(-n5ccc(CO)n5)cc4F)cc3n2)CC1. The van der Waals surface area contributed by atoms with Crippen LogP contribution in [0.4, 0.5) is 26.5 Å². The maximum Gasteiger partial charge on any atom is 0.410 e. The van der Waals surface area contributed by atoms with Crippen molar-refractivity contribution in [3.63, 3.8) is 0 Å². The van der Waals surface area contributed by atoms with Gasteiger partial charge in [-0.2, -0.15) is 5.10 Å². The van der Waals surface area contributed by atoms with Crippen molar-refractivity contribution in [1.29, 1.82) is 0 Å². The molecule has 0 unspecified atom stereocenters. The second-order valence-electron chi connectivity index (χ2n) is 11.8. The standard InChI is InChI=1S/C28H32FN7O3.C4H8O2/c1-28(2,3)39-27(38)35-11-8-19(9-12-35)31-25-7-4-18-16-30-26(15-24(18)33-25)32-23-6-5-21(14-22(23)29)36-13-10-20(17-37)34-36;1-2-6-4-3-5-1/h4-7,10,13-16,19,37H,8-9,11-12,17H2,1-3H3,(H,30,32)(H,31,33);1-4H2. The van der Waals surface area contributed by atoms with Gasteiger partial charge in [-0.1, -0.05) is 0 Å². The number of ether oxygens (including phenoxy) is 3. The van der Waals surface area contributed by atoms with Gasteiger partial charge in [0.15, 0.2) is 0 Å². The van der Waals surface area contributed by atoms with Crippen LogP contribution in [-0.2, 0) is 20.8 Å². The number of pyridine rings is 2. The zero-order chi connectivity index (χ0) is 31.8. The van der Waals surface area contributed by atoms with Gasteiger partial charge in [0.2, 0.25) is 0 Å². The lowest BCUT2D eigenvalue weighted by Gasteiger charge is -2.33. The average molecular weight is 622 g/mol. The van der Waals surface area contributed by atoms with E-state index >= 15 is 0 Å². The summed E-state index contributed by atoms with van der Waals surface area (Å²) in [5.41, 5.74) is 1.52. The number of aliphatic hydroxyl groups excluding tert-OH is 1. The number of carbonyl (C=O) groups excluding carboxylic acids is 1. The summed E-state index contributed by atoms with van der Waals surface area (Å²) in [6.45, 7) is 9.76. The van der Waals surface area contributed by atoms with Gasteiger partial charge in [0.1, 0.15) is 23.1 Å². The Hall–Kier alpha value is -4.33. The lowest BCUT2D eigenvalue weighted by atomic mass is 10.1. The Morgan fingerprint density at radius 2 is 1.78 bits per heavy atom. The normalized spacial score (nSPS) is 15.7. The molecule has 13 heteroatoms. The van der Waals surface area contributed by atoms with E-state index < -0.39 is 11.4 Å². The van der Waals surface area contributed by atoms with Crippen LogP contribution in [0, 0.1) is 5.82 Å². The van der Waals surface area contributed by atoms with Crippen molar-refractivity contribution < 1.29 is 28.5 Å². The summed E-state index contributed by atoms with van der Waals surface area (Å²) in [7, 11) is 0. The van der Waals surface area contributed by atoms with Gasteiger partial charge < -0.3 is 34.9 Å². The predicted molar refractivity (Wildman–Crippen MR) is 168 cm³/mol. The third-order valence-electron chi connectivity index (χ3n) is 7.10. The molecule has 2 fully saturated rings. The highest BCUT2D eigenvalue weighted by Crippen LogP contribution is 2.25. The zero-order valence-electron chi connectivity index (χ0n) is 25.8. The van der Waals surface area contributed by atoms with Gasteiger partial charge in [0, 0.05) is 49.0 Å². The maximum absolute atomic E-state index is 14.9. The first kappa shape index (κ1) is 32.1. The van der Waals surface area contributed by atoms with Crippen LogP contribution in [0.5, 0.6) is 0 Å². The molecule has 1 amide bonds. The number of anilines is 3. The number of piperidine rings is 1. The minimum Gasteiger partial charge on any atom is -0.444 e. The van der Waals surface area contributed by atoms with Gasteiger partial charge in [-0.25, -0.2) is 23.8 Å². The van der Waals surface area contributed by atoms with Crippen molar-refractivity contribution in [2.75, 3.05) is 50.2 Å². The summed E-state index contributed by atoms with van der Waals surface area (Å²) in [6, 6.07) is 12.2. The molecule has 0 bridgehead atoms. The molecular weight excluding hydrogens is 581 g/mol. The van der Waals surface area contributed by atoms with E-state index in [0.29, 0.717) is 35.8 Å². The lowest BCUT2D eigenvalue weighted by molar-refractivity contribution is -0.0334. The van der Waals surface area contributed by atoms with Crippen LogP contribution in [-0.4, -0.2) is 87.0 Å². The first-order chi connectivity index (χ1) is 21.7. The van der Waals surface area contributed by atoms with Crippen LogP contribution >= 0.6 is 0 Å². The highest BCUT2D eigenvalue weighted by molar-refractivity contribution is 5.82. The summed E-state index contributed by atoms with van der Waals surface area (Å²) in [4.78, 5) is 23.2. The second-order valence-corrected chi connectivity index (χ2v) is 11.8. The molecule has 240 valence electrons. The molecule has 45 heavy (non-hydrogen) atoms. The van der Waals surface area contributed by atoms with Crippen LogP contribution in [0.25, 0.3) is 16.6 Å². The molecular formula is C32H40FN7O5. The fraction of sp³-hybridized carbons (Fsp3) is 0.438. The summed E-state index contributed by atoms with van der Waals surface area (Å²) in [5, 5.41) is 20.8. The van der Waals surface area contributed by atoms with Crippen LogP contribution in [0.3, 0.4) is 0 Å². The number of hydrogen-bond acceptors (Lipinski definition) is 10. The van der Waals surface area contributed by atoms with E-state index in [4.69, 9.17) is 19.2 Å². The first-order valence-corrected chi connectivity index (χ1v) is 15.1. The number of nitrogens with one attached hydrogen (secondary N) is 2. The number of likely N-dealkylation sites (tertiary alicyclic amines) is 1. The van der Waals surface area contributed by atoms with Crippen molar-refractivity contribution in [3.8, 4) is 5.69 Å². The molecule has 0 radical (unpaired) electrons. The summed E-state index contributed by atoms with van der Waals surface area (Å²) >= 11 is 0. The monoisotopic (exact) mass is 621 g/mol. The Labute approximate surface area is 261 Å². The van der Waals surface area contributed by atoms with Gasteiger partial charge in [0.25, 0.3) is 0 Å². The molecule has 0 aliphatic carbocycles. The summed E-state index contributed by atoms with van der Waals surface area (Å²) in [6.07, 6.45) is 4.66. The third kappa shape index (κ3) is 9.10. The molecule has 6 rings (SSSR count). The van der Waals surface area contributed by atoms with Crippen LogP contribution in [0.15, 0.2) is 54.9 Å². The number of nitrogens with zero attached hydrogens (tertiary/aromatic N) is 5. The predicted octanol–water partition coefficient (Wildman–Crippen LogP) is 5.04. The molecule has 2 saturated heterocycles. The van der Waals surface area contributed by atoms with Gasteiger partial charge in [0.05, 0.1) is 55.6 Å². The molecule has 0 spiro atoms. The van der Waals surface area contributed by atoms with E-state index in [1.807, 2.05) is 32.9 Å². The molecule has 12 nitrogen and oxygen atoms in total. The van der Waals surface area contributed by atoms with Crippen molar-refractivity contribution in [2.24, 2.45) is 0 Å². The first-order valence-electron chi connectivity index (χ1n) is 15.1. The van der Waals surface area contributed by atoms with E-state index in [9.17, 15) is 14.3 Å².